The Morgan fingerprint density at radius 3 is 2.30 bits per heavy atom. The van der Waals surface area contributed by atoms with Crippen LogP contribution in [0.2, 0.25) is 0 Å². The molecule has 1 atom stereocenters. The second kappa shape index (κ2) is 9.06. The summed E-state index contributed by atoms with van der Waals surface area (Å²) < 4.78 is 22.6. The fourth-order valence-corrected chi connectivity index (χ4v) is 3.70. The van der Waals surface area contributed by atoms with Crippen molar-refractivity contribution in [1.82, 2.24) is 10.6 Å². The molecule has 7 nitrogen and oxygen atoms in total. The van der Waals surface area contributed by atoms with E-state index in [4.69, 9.17) is 5.14 Å². The van der Waals surface area contributed by atoms with Crippen molar-refractivity contribution in [2.45, 2.75) is 24.3 Å². The number of carbonyl (C=O) groups is 2. The first-order valence-corrected chi connectivity index (χ1v) is 10.9. The maximum absolute atomic E-state index is 12.3. The maximum Gasteiger partial charge on any atom is 0.239 e. The molecule has 0 fully saturated rings. The van der Waals surface area contributed by atoms with E-state index in [0.29, 0.717) is 0 Å². The second-order valence-corrected chi connectivity index (χ2v) is 8.56. The van der Waals surface area contributed by atoms with Gasteiger partial charge in [-0.2, -0.15) is 0 Å². The van der Waals surface area contributed by atoms with Crippen LogP contribution in [0.25, 0.3) is 10.8 Å². The molecular weight excluding hydrogens is 402 g/mol. The predicted molar refractivity (Wildman–Crippen MR) is 115 cm³/mol. The number of rotatable bonds is 7. The molecule has 0 unspecified atom stereocenters. The summed E-state index contributed by atoms with van der Waals surface area (Å²) in [5.74, 6) is -0.587. The molecule has 0 spiro atoms. The summed E-state index contributed by atoms with van der Waals surface area (Å²) in [4.78, 5) is 24.5. The Kier molecular flexibility index (Phi) is 6.49. The normalized spacial score (nSPS) is 12.3. The highest BCUT2D eigenvalue weighted by molar-refractivity contribution is 7.89. The van der Waals surface area contributed by atoms with Gasteiger partial charge in [0.15, 0.2) is 0 Å². The van der Waals surface area contributed by atoms with Gasteiger partial charge in [-0.3, -0.25) is 9.59 Å². The van der Waals surface area contributed by atoms with Crippen molar-refractivity contribution < 1.29 is 18.0 Å². The molecule has 0 saturated heterocycles. The fourth-order valence-electron chi connectivity index (χ4n) is 3.18. The van der Waals surface area contributed by atoms with Crippen molar-refractivity contribution in [3.8, 4) is 0 Å². The number of hydrogen-bond donors (Lipinski definition) is 3. The maximum atomic E-state index is 12.3. The monoisotopic (exact) mass is 425 g/mol. The number of nitrogens with two attached hydrogens (primary N) is 1. The zero-order valence-corrected chi connectivity index (χ0v) is 17.3. The lowest BCUT2D eigenvalue weighted by Gasteiger charge is -2.15. The summed E-state index contributed by atoms with van der Waals surface area (Å²) in [5, 5.41) is 12.6. The van der Waals surface area contributed by atoms with Gasteiger partial charge in [-0.1, -0.05) is 54.6 Å². The lowest BCUT2D eigenvalue weighted by Crippen LogP contribution is -2.38. The number of benzene rings is 3. The van der Waals surface area contributed by atoms with E-state index >= 15 is 0 Å². The molecule has 0 aliphatic heterocycles. The largest absolute Gasteiger partial charge is 0.348 e. The van der Waals surface area contributed by atoms with Crippen LogP contribution in [0.5, 0.6) is 0 Å². The molecule has 0 aromatic heterocycles. The number of carbonyl (C=O) groups excluding carboxylic acids is 2. The number of sulfonamides is 1. The van der Waals surface area contributed by atoms with Gasteiger partial charge in [0.1, 0.15) is 0 Å². The summed E-state index contributed by atoms with van der Waals surface area (Å²) in [5.41, 5.74) is 1.62. The van der Waals surface area contributed by atoms with E-state index in [9.17, 15) is 18.0 Å². The van der Waals surface area contributed by atoms with Gasteiger partial charge in [-0.15, -0.1) is 0 Å². The van der Waals surface area contributed by atoms with E-state index in [1.165, 1.54) is 12.1 Å². The molecule has 3 rings (SSSR count). The van der Waals surface area contributed by atoms with E-state index in [1.807, 2.05) is 42.5 Å². The molecule has 4 N–H and O–H groups in total. The van der Waals surface area contributed by atoms with Crippen molar-refractivity contribution in [2.24, 2.45) is 5.14 Å². The molecule has 156 valence electrons. The van der Waals surface area contributed by atoms with Crippen LogP contribution in [0.15, 0.2) is 71.6 Å². The minimum atomic E-state index is -3.76. The van der Waals surface area contributed by atoms with Gasteiger partial charge in [0, 0.05) is 0 Å². The van der Waals surface area contributed by atoms with Crippen molar-refractivity contribution in [3.05, 3.63) is 77.9 Å². The van der Waals surface area contributed by atoms with E-state index in [-0.39, 0.29) is 35.7 Å². The number of amides is 2. The number of fused-ring (bicyclic) bond motifs is 1. The third-order valence-electron chi connectivity index (χ3n) is 4.76. The second-order valence-electron chi connectivity index (χ2n) is 7.00. The third kappa shape index (κ3) is 5.43. The van der Waals surface area contributed by atoms with Crippen LogP contribution in [-0.4, -0.2) is 26.8 Å². The summed E-state index contributed by atoms with van der Waals surface area (Å²) >= 11 is 0. The van der Waals surface area contributed by atoms with Crippen molar-refractivity contribution >= 4 is 32.6 Å². The predicted octanol–water partition coefficient (Wildman–Crippen LogP) is 2.02. The quantitative estimate of drug-likeness (QED) is 0.537. The Morgan fingerprint density at radius 2 is 1.60 bits per heavy atom. The molecule has 30 heavy (non-hydrogen) atoms. The van der Waals surface area contributed by atoms with Gasteiger partial charge in [-0.25, -0.2) is 13.6 Å². The van der Waals surface area contributed by atoms with Crippen molar-refractivity contribution in [1.29, 1.82) is 0 Å². The van der Waals surface area contributed by atoms with Crippen LogP contribution in [-0.2, 0) is 26.0 Å². The van der Waals surface area contributed by atoms with Crippen LogP contribution in [0.4, 0.5) is 0 Å². The van der Waals surface area contributed by atoms with Gasteiger partial charge in [0.05, 0.1) is 23.9 Å². The highest BCUT2D eigenvalue weighted by Gasteiger charge is 2.13. The third-order valence-corrected chi connectivity index (χ3v) is 5.69. The highest BCUT2D eigenvalue weighted by atomic mass is 32.2. The van der Waals surface area contributed by atoms with Gasteiger partial charge in [-0.05, 0) is 41.0 Å². The molecule has 3 aromatic rings. The Balaban J connectivity index is 1.53. The van der Waals surface area contributed by atoms with E-state index < -0.39 is 10.0 Å². The first-order chi connectivity index (χ1) is 14.2. The van der Waals surface area contributed by atoms with Crippen molar-refractivity contribution in [3.63, 3.8) is 0 Å². The lowest BCUT2D eigenvalue weighted by molar-refractivity contribution is -0.126. The fraction of sp³-hybridized carbons (Fsp3) is 0.182. The Morgan fingerprint density at radius 1 is 0.933 bits per heavy atom. The molecule has 3 aromatic carbocycles. The molecule has 0 aliphatic carbocycles. The zero-order valence-electron chi connectivity index (χ0n) is 16.5. The van der Waals surface area contributed by atoms with Gasteiger partial charge in [0.2, 0.25) is 21.8 Å². The minimum Gasteiger partial charge on any atom is -0.348 e. The molecular formula is C22H23N3O4S. The summed E-state index contributed by atoms with van der Waals surface area (Å²) in [7, 11) is -3.76. The molecule has 0 radical (unpaired) electrons. The van der Waals surface area contributed by atoms with E-state index in [0.717, 1.165) is 21.9 Å². The summed E-state index contributed by atoms with van der Waals surface area (Å²) in [6.07, 6.45) is 0.180. The van der Waals surface area contributed by atoms with Crippen LogP contribution in [0.3, 0.4) is 0 Å². The Bertz CT molecular complexity index is 1170. The first kappa shape index (κ1) is 21.5. The Labute approximate surface area is 175 Å². The van der Waals surface area contributed by atoms with Crippen LogP contribution < -0.4 is 15.8 Å². The molecule has 0 heterocycles. The minimum absolute atomic E-state index is 0.00507. The lowest BCUT2D eigenvalue weighted by atomic mass is 10.0. The SMILES string of the molecule is C[C@@H](NC(=O)CNC(=O)Cc1cccc2ccccc12)c1ccc(S(N)(=O)=O)cc1. The number of nitrogens with one attached hydrogen (secondary N) is 2. The van der Waals surface area contributed by atoms with Crippen LogP contribution in [0, 0.1) is 0 Å². The standard InChI is InChI=1S/C22H23N3O4S/c1-15(16-9-11-19(12-10-16)30(23,28)29)25-22(27)14-24-21(26)13-18-7-4-6-17-5-2-3-8-20(17)18/h2-12,15H,13-14H2,1H3,(H,24,26)(H,25,27)(H2,23,28,29)/t15-/m1/s1. The first-order valence-electron chi connectivity index (χ1n) is 9.39. The van der Waals surface area contributed by atoms with E-state index in [1.54, 1.807) is 19.1 Å². The number of hydrogen-bond acceptors (Lipinski definition) is 4. The topological polar surface area (TPSA) is 118 Å². The van der Waals surface area contributed by atoms with Gasteiger partial charge < -0.3 is 10.6 Å². The van der Waals surface area contributed by atoms with E-state index in [2.05, 4.69) is 10.6 Å². The number of primary sulfonamides is 1. The summed E-state index contributed by atoms with van der Waals surface area (Å²) in [6, 6.07) is 19.2. The average Bonchev–Trinajstić information content (AvgIpc) is 2.72. The highest BCUT2D eigenvalue weighted by Crippen LogP contribution is 2.19. The molecule has 8 heteroatoms. The average molecular weight is 426 g/mol. The van der Waals surface area contributed by atoms with Crippen LogP contribution in [0.1, 0.15) is 24.1 Å². The van der Waals surface area contributed by atoms with Gasteiger partial charge >= 0.3 is 0 Å². The molecule has 0 bridgehead atoms. The smallest absolute Gasteiger partial charge is 0.239 e. The zero-order chi connectivity index (χ0) is 21.7. The molecule has 0 saturated carbocycles. The summed E-state index contributed by atoms with van der Waals surface area (Å²) in [6.45, 7) is 1.62. The van der Waals surface area contributed by atoms with Crippen LogP contribution >= 0.6 is 0 Å². The van der Waals surface area contributed by atoms with Crippen molar-refractivity contribution in [2.75, 3.05) is 6.54 Å². The van der Waals surface area contributed by atoms with Gasteiger partial charge in [0.25, 0.3) is 0 Å². The molecule has 2 amide bonds. The molecule has 0 aliphatic rings. The Hall–Kier alpha value is -3.23.